The molecular weight excluding hydrogens is 320 g/mol. The van der Waals surface area contributed by atoms with Crippen molar-refractivity contribution in [3.8, 4) is 11.5 Å². The summed E-state index contributed by atoms with van der Waals surface area (Å²) in [6.07, 6.45) is 0. The summed E-state index contributed by atoms with van der Waals surface area (Å²) in [4.78, 5) is 0. The van der Waals surface area contributed by atoms with Gasteiger partial charge in [0.2, 0.25) is 0 Å². The van der Waals surface area contributed by atoms with E-state index in [0.29, 0.717) is 0 Å². The van der Waals surface area contributed by atoms with E-state index in [1.165, 1.54) is 21.5 Å². The number of fused-ring (bicyclic) bond motifs is 6. The van der Waals surface area contributed by atoms with E-state index < -0.39 is 0 Å². The lowest BCUT2D eigenvalue weighted by molar-refractivity contribution is 0.569. The molecule has 2 aromatic heterocycles. The standard InChI is InChI=1S/C24H14O2/c1-3-7-17-15(5-1)9-11-21-19(17)13-23(25-21)24-14-20-18-8-4-2-6-16(18)10-12-22(20)26-24/h1-14H. The van der Waals surface area contributed by atoms with Gasteiger partial charge in [0.1, 0.15) is 11.2 Å². The molecule has 0 unspecified atom stereocenters. The fourth-order valence-electron chi connectivity index (χ4n) is 3.83. The van der Waals surface area contributed by atoms with Crippen LogP contribution in [0.4, 0.5) is 0 Å². The molecule has 6 rings (SSSR count). The van der Waals surface area contributed by atoms with E-state index in [0.717, 1.165) is 33.5 Å². The second kappa shape index (κ2) is 4.99. The van der Waals surface area contributed by atoms with Crippen molar-refractivity contribution < 1.29 is 8.83 Å². The Morgan fingerprint density at radius 1 is 0.423 bits per heavy atom. The smallest absolute Gasteiger partial charge is 0.170 e. The molecule has 2 heterocycles. The van der Waals surface area contributed by atoms with Gasteiger partial charge in [0.25, 0.3) is 0 Å². The maximum absolute atomic E-state index is 6.11. The predicted molar refractivity (Wildman–Crippen MR) is 106 cm³/mol. The molecule has 0 amide bonds. The molecule has 0 N–H and O–H groups in total. The highest BCUT2D eigenvalue weighted by Crippen LogP contribution is 2.37. The molecule has 26 heavy (non-hydrogen) atoms. The minimum Gasteiger partial charge on any atom is -0.453 e. The third kappa shape index (κ3) is 1.87. The molecule has 0 fully saturated rings. The third-order valence-electron chi connectivity index (χ3n) is 5.09. The predicted octanol–water partition coefficient (Wildman–Crippen LogP) is 7.15. The first-order valence-corrected chi connectivity index (χ1v) is 8.70. The van der Waals surface area contributed by atoms with Crippen LogP contribution >= 0.6 is 0 Å². The maximum atomic E-state index is 6.11. The zero-order valence-corrected chi connectivity index (χ0v) is 13.9. The number of hydrogen-bond acceptors (Lipinski definition) is 2. The lowest BCUT2D eigenvalue weighted by atomic mass is 10.1. The van der Waals surface area contributed by atoms with E-state index in [1.54, 1.807) is 0 Å². The van der Waals surface area contributed by atoms with Gasteiger partial charge in [0.15, 0.2) is 11.5 Å². The zero-order chi connectivity index (χ0) is 17.1. The van der Waals surface area contributed by atoms with Crippen molar-refractivity contribution in [1.29, 1.82) is 0 Å². The Labute approximate surface area is 149 Å². The SMILES string of the molecule is c1ccc2c(c1)ccc1oc(-c3cc4c(ccc5ccccc54)o3)cc12. The van der Waals surface area contributed by atoms with E-state index in [1.807, 2.05) is 12.1 Å². The summed E-state index contributed by atoms with van der Waals surface area (Å²) in [5.41, 5.74) is 1.76. The molecule has 0 aliphatic heterocycles. The maximum Gasteiger partial charge on any atom is 0.170 e. The molecule has 0 aliphatic carbocycles. The number of furan rings is 2. The van der Waals surface area contributed by atoms with Gasteiger partial charge < -0.3 is 8.83 Å². The fourth-order valence-corrected chi connectivity index (χ4v) is 3.83. The summed E-state index contributed by atoms with van der Waals surface area (Å²) in [7, 11) is 0. The molecule has 0 aliphatic rings. The molecule has 0 saturated carbocycles. The quantitative estimate of drug-likeness (QED) is 0.319. The Balaban J connectivity index is 1.62. The average molecular weight is 334 g/mol. The largest absolute Gasteiger partial charge is 0.453 e. The molecule has 2 heteroatoms. The Hall–Kier alpha value is -3.52. The van der Waals surface area contributed by atoms with Crippen molar-refractivity contribution >= 4 is 43.5 Å². The monoisotopic (exact) mass is 334 g/mol. The first kappa shape index (κ1) is 13.7. The highest BCUT2D eigenvalue weighted by Gasteiger charge is 2.14. The highest BCUT2D eigenvalue weighted by atomic mass is 16.4. The van der Waals surface area contributed by atoms with Crippen LogP contribution in [0.2, 0.25) is 0 Å². The lowest BCUT2D eigenvalue weighted by Crippen LogP contribution is -1.71. The number of rotatable bonds is 1. The molecule has 0 radical (unpaired) electrons. The second-order valence-electron chi connectivity index (χ2n) is 6.62. The van der Waals surface area contributed by atoms with E-state index >= 15 is 0 Å². The molecule has 0 spiro atoms. The van der Waals surface area contributed by atoms with Gasteiger partial charge in [-0.05, 0) is 45.8 Å². The number of benzene rings is 4. The summed E-state index contributed by atoms with van der Waals surface area (Å²) in [6.45, 7) is 0. The van der Waals surface area contributed by atoms with E-state index in [9.17, 15) is 0 Å². The fraction of sp³-hybridized carbons (Fsp3) is 0. The minimum atomic E-state index is 0.761. The van der Waals surface area contributed by atoms with Crippen molar-refractivity contribution in [2.24, 2.45) is 0 Å². The van der Waals surface area contributed by atoms with Crippen LogP contribution in [0.3, 0.4) is 0 Å². The van der Waals surface area contributed by atoms with Gasteiger partial charge in [-0.15, -0.1) is 0 Å². The molecular formula is C24H14O2. The summed E-state index contributed by atoms with van der Waals surface area (Å²) >= 11 is 0. The molecule has 0 atom stereocenters. The van der Waals surface area contributed by atoms with Gasteiger partial charge in [-0.3, -0.25) is 0 Å². The van der Waals surface area contributed by atoms with Crippen LogP contribution in [0, 0.1) is 0 Å². The Bertz CT molecular complexity index is 1320. The van der Waals surface area contributed by atoms with Gasteiger partial charge in [-0.2, -0.15) is 0 Å². The van der Waals surface area contributed by atoms with Crippen molar-refractivity contribution in [1.82, 2.24) is 0 Å². The average Bonchev–Trinajstić information content (AvgIpc) is 3.32. The molecule has 122 valence electrons. The van der Waals surface area contributed by atoms with Gasteiger partial charge in [0, 0.05) is 10.8 Å². The van der Waals surface area contributed by atoms with Gasteiger partial charge >= 0.3 is 0 Å². The second-order valence-corrected chi connectivity index (χ2v) is 6.62. The van der Waals surface area contributed by atoms with Gasteiger partial charge in [-0.1, -0.05) is 60.7 Å². The van der Waals surface area contributed by atoms with Crippen LogP contribution in [0.5, 0.6) is 0 Å². The lowest BCUT2D eigenvalue weighted by Gasteiger charge is -1.96. The Kier molecular flexibility index (Phi) is 2.64. The van der Waals surface area contributed by atoms with Crippen LogP contribution in [0.15, 0.2) is 93.8 Å². The summed E-state index contributed by atoms with van der Waals surface area (Å²) < 4.78 is 12.2. The van der Waals surface area contributed by atoms with Crippen LogP contribution in [0.25, 0.3) is 55.0 Å². The molecule has 6 aromatic rings. The summed E-state index contributed by atoms with van der Waals surface area (Å²) in [5, 5.41) is 7.04. The first-order chi connectivity index (χ1) is 12.9. The molecule has 0 saturated heterocycles. The topological polar surface area (TPSA) is 26.3 Å². The van der Waals surface area contributed by atoms with E-state index in [2.05, 4.69) is 72.8 Å². The Morgan fingerprint density at radius 2 is 0.885 bits per heavy atom. The molecule has 2 nitrogen and oxygen atoms in total. The van der Waals surface area contributed by atoms with Crippen molar-refractivity contribution in [3.63, 3.8) is 0 Å². The van der Waals surface area contributed by atoms with Crippen LogP contribution in [-0.4, -0.2) is 0 Å². The molecule has 4 aromatic carbocycles. The Morgan fingerprint density at radius 3 is 1.38 bits per heavy atom. The van der Waals surface area contributed by atoms with Crippen molar-refractivity contribution in [3.05, 3.63) is 84.9 Å². The van der Waals surface area contributed by atoms with Gasteiger partial charge in [-0.25, -0.2) is 0 Å². The van der Waals surface area contributed by atoms with Crippen LogP contribution in [0.1, 0.15) is 0 Å². The van der Waals surface area contributed by atoms with Crippen LogP contribution < -0.4 is 0 Å². The summed E-state index contributed by atoms with van der Waals surface area (Å²) in [6, 6.07) is 29.1. The van der Waals surface area contributed by atoms with Gasteiger partial charge in [0.05, 0.1) is 0 Å². The highest BCUT2D eigenvalue weighted by molar-refractivity contribution is 6.09. The van der Waals surface area contributed by atoms with E-state index in [4.69, 9.17) is 8.83 Å². The minimum absolute atomic E-state index is 0.761. The normalized spacial score (nSPS) is 11.8. The third-order valence-corrected chi connectivity index (χ3v) is 5.09. The van der Waals surface area contributed by atoms with Crippen molar-refractivity contribution in [2.75, 3.05) is 0 Å². The number of hydrogen-bond donors (Lipinski definition) is 0. The van der Waals surface area contributed by atoms with Crippen LogP contribution in [-0.2, 0) is 0 Å². The summed E-state index contributed by atoms with van der Waals surface area (Å²) in [5.74, 6) is 1.52. The first-order valence-electron chi connectivity index (χ1n) is 8.70. The molecule has 0 bridgehead atoms. The van der Waals surface area contributed by atoms with E-state index in [-0.39, 0.29) is 0 Å². The zero-order valence-electron chi connectivity index (χ0n) is 13.9. The van der Waals surface area contributed by atoms with Crippen molar-refractivity contribution in [2.45, 2.75) is 0 Å².